The second-order valence-electron chi connectivity index (χ2n) is 8.59. The maximum atomic E-state index is 13.3. The van der Waals surface area contributed by atoms with Crippen molar-refractivity contribution in [2.75, 3.05) is 26.2 Å². The Hall–Kier alpha value is -2.14. The summed E-state index contributed by atoms with van der Waals surface area (Å²) in [6, 6.07) is 10.7. The lowest BCUT2D eigenvalue weighted by molar-refractivity contribution is 0.0738. The van der Waals surface area contributed by atoms with Gasteiger partial charge in [-0.15, -0.1) is 0 Å². The van der Waals surface area contributed by atoms with Crippen molar-refractivity contribution in [1.29, 1.82) is 0 Å². The van der Waals surface area contributed by atoms with E-state index in [2.05, 4.69) is 46.9 Å². The molecule has 0 N–H and O–H groups in total. The second-order valence-corrected chi connectivity index (χ2v) is 8.59. The van der Waals surface area contributed by atoms with Crippen LogP contribution in [0, 0.1) is 19.8 Å². The van der Waals surface area contributed by atoms with Crippen molar-refractivity contribution in [2.24, 2.45) is 5.92 Å². The van der Waals surface area contributed by atoms with Gasteiger partial charge in [-0.3, -0.25) is 14.4 Å². The first-order chi connectivity index (χ1) is 13.5. The molecule has 5 heteroatoms. The first-order valence-corrected chi connectivity index (χ1v) is 10.7. The van der Waals surface area contributed by atoms with Crippen LogP contribution in [0.4, 0.5) is 0 Å². The summed E-state index contributed by atoms with van der Waals surface area (Å²) in [5.41, 5.74) is 4.11. The van der Waals surface area contributed by atoms with E-state index in [1.807, 2.05) is 23.7 Å². The second kappa shape index (κ2) is 8.08. The van der Waals surface area contributed by atoms with E-state index in [-0.39, 0.29) is 5.91 Å². The summed E-state index contributed by atoms with van der Waals surface area (Å²) in [4.78, 5) is 18.0. The molecule has 0 unspecified atom stereocenters. The zero-order valence-corrected chi connectivity index (χ0v) is 17.4. The van der Waals surface area contributed by atoms with Gasteiger partial charge in [-0.25, -0.2) is 0 Å². The van der Waals surface area contributed by atoms with Gasteiger partial charge in [-0.1, -0.05) is 19.1 Å². The van der Waals surface area contributed by atoms with Crippen molar-refractivity contribution in [2.45, 2.75) is 52.6 Å². The molecule has 3 saturated heterocycles. The third-order valence-corrected chi connectivity index (χ3v) is 6.23. The number of benzene rings is 1. The molecule has 4 heterocycles. The monoisotopic (exact) mass is 380 g/mol. The number of aryl methyl sites for hydroxylation is 2. The predicted octanol–water partition coefficient (Wildman–Crippen LogP) is 3.49. The highest BCUT2D eigenvalue weighted by Gasteiger charge is 2.36. The smallest absolute Gasteiger partial charge is 0.253 e. The fourth-order valence-corrected chi connectivity index (χ4v) is 4.90. The average Bonchev–Trinajstić information content (AvgIpc) is 2.85. The highest BCUT2D eigenvalue weighted by molar-refractivity contribution is 5.94. The first kappa shape index (κ1) is 19.2. The van der Waals surface area contributed by atoms with Crippen molar-refractivity contribution in [3.8, 4) is 0 Å². The summed E-state index contributed by atoms with van der Waals surface area (Å²) >= 11 is 0. The van der Waals surface area contributed by atoms with E-state index in [1.54, 1.807) is 0 Å². The lowest BCUT2D eigenvalue weighted by atomic mass is 9.95. The molecule has 3 aliphatic heterocycles. The maximum Gasteiger partial charge on any atom is 0.253 e. The van der Waals surface area contributed by atoms with Crippen LogP contribution in [0.5, 0.6) is 0 Å². The van der Waals surface area contributed by atoms with Gasteiger partial charge in [-0.05, 0) is 69.3 Å². The van der Waals surface area contributed by atoms with E-state index in [1.165, 1.54) is 19.3 Å². The van der Waals surface area contributed by atoms with E-state index in [4.69, 9.17) is 0 Å². The molecule has 5 rings (SSSR count). The molecule has 3 fully saturated rings. The number of carbonyl (C=O) groups excluding carboxylic acids is 1. The molecule has 1 aromatic carbocycles. The fourth-order valence-electron chi connectivity index (χ4n) is 4.90. The number of carbonyl (C=O) groups is 1. The number of amides is 1. The number of hydrogen-bond donors (Lipinski definition) is 0. The molecule has 2 atom stereocenters. The minimum Gasteiger partial charge on any atom is -0.337 e. The van der Waals surface area contributed by atoms with Crippen LogP contribution in [-0.2, 0) is 6.54 Å². The third kappa shape index (κ3) is 4.00. The van der Waals surface area contributed by atoms with E-state index in [0.717, 1.165) is 48.7 Å². The Morgan fingerprint density at radius 1 is 1.14 bits per heavy atom. The van der Waals surface area contributed by atoms with E-state index < -0.39 is 0 Å². The Morgan fingerprint density at radius 2 is 2.00 bits per heavy atom. The Labute approximate surface area is 168 Å². The largest absolute Gasteiger partial charge is 0.337 e. The standard InChI is InChI=1S/C23H32N4O/c1-4-10-25-13-20-8-9-22(25)16-26(14-20)23(28)21-7-5-6-19(12-21)15-27-18(3)11-17(2)24-27/h5-7,11-12,20,22H,4,8-10,13-16H2,1-3H3/t20-,22-/m1/s1. The molecule has 150 valence electrons. The van der Waals surface area contributed by atoms with E-state index >= 15 is 0 Å². The molecule has 5 nitrogen and oxygen atoms in total. The quantitative estimate of drug-likeness (QED) is 0.797. The SMILES string of the molecule is CCCN1C[C@H]2CC[C@@H]1CN(C(=O)c1cccc(Cn3nc(C)cc3C)c1)C2. The van der Waals surface area contributed by atoms with Gasteiger partial charge < -0.3 is 4.90 Å². The minimum absolute atomic E-state index is 0.186. The van der Waals surface area contributed by atoms with Gasteiger partial charge in [0.2, 0.25) is 0 Å². The topological polar surface area (TPSA) is 41.4 Å². The Kier molecular flexibility index (Phi) is 5.54. The van der Waals surface area contributed by atoms with Crippen LogP contribution in [0.3, 0.4) is 0 Å². The van der Waals surface area contributed by atoms with Crippen molar-refractivity contribution < 1.29 is 4.79 Å². The summed E-state index contributed by atoms with van der Waals surface area (Å²) < 4.78 is 2.01. The number of hydrogen-bond acceptors (Lipinski definition) is 3. The van der Waals surface area contributed by atoms with Gasteiger partial charge >= 0.3 is 0 Å². The van der Waals surface area contributed by atoms with Crippen LogP contribution in [0.25, 0.3) is 0 Å². The number of aromatic nitrogens is 2. The van der Waals surface area contributed by atoms with E-state index in [0.29, 0.717) is 18.5 Å². The molecule has 28 heavy (non-hydrogen) atoms. The van der Waals surface area contributed by atoms with Crippen LogP contribution in [0.15, 0.2) is 30.3 Å². The molecule has 3 aliphatic rings. The minimum atomic E-state index is 0.186. The lowest BCUT2D eigenvalue weighted by Gasteiger charge is -2.35. The van der Waals surface area contributed by atoms with Crippen LogP contribution in [0.2, 0.25) is 0 Å². The zero-order valence-electron chi connectivity index (χ0n) is 17.4. The normalized spacial score (nSPS) is 22.5. The molecule has 0 aliphatic carbocycles. The highest BCUT2D eigenvalue weighted by Crippen LogP contribution is 2.29. The van der Waals surface area contributed by atoms with Crippen molar-refractivity contribution in [1.82, 2.24) is 19.6 Å². The molecule has 1 aromatic heterocycles. The summed E-state index contributed by atoms with van der Waals surface area (Å²) in [6.45, 7) is 11.1. The van der Waals surface area contributed by atoms with Gasteiger partial charge in [0.15, 0.2) is 0 Å². The van der Waals surface area contributed by atoms with E-state index in [9.17, 15) is 4.79 Å². The van der Waals surface area contributed by atoms with Crippen molar-refractivity contribution in [3.05, 3.63) is 52.8 Å². The van der Waals surface area contributed by atoms with Gasteiger partial charge in [0.1, 0.15) is 0 Å². The Balaban J connectivity index is 1.50. The average molecular weight is 381 g/mol. The molecule has 2 aromatic rings. The number of fused-ring (bicyclic) bond motifs is 4. The molecular weight excluding hydrogens is 348 g/mol. The zero-order chi connectivity index (χ0) is 19.7. The van der Waals surface area contributed by atoms with Crippen molar-refractivity contribution >= 4 is 5.91 Å². The third-order valence-electron chi connectivity index (χ3n) is 6.23. The number of nitrogens with zero attached hydrogens (tertiary/aromatic N) is 4. The Morgan fingerprint density at radius 3 is 2.75 bits per heavy atom. The van der Waals surface area contributed by atoms with Gasteiger partial charge in [0.25, 0.3) is 5.91 Å². The maximum absolute atomic E-state index is 13.3. The first-order valence-electron chi connectivity index (χ1n) is 10.7. The number of piperidine rings is 1. The van der Waals surface area contributed by atoms with Crippen LogP contribution in [-0.4, -0.2) is 57.7 Å². The highest BCUT2D eigenvalue weighted by atomic mass is 16.2. The summed E-state index contributed by atoms with van der Waals surface area (Å²) in [5.74, 6) is 0.803. The molecule has 0 spiro atoms. The van der Waals surface area contributed by atoms with Crippen LogP contribution < -0.4 is 0 Å². The van der Waals surface area contributed by atoms with Gasteiger partial charge in [0.05, 0.1) is 12.2 Å². The molecule has 0 radical (unpaired) electrons. The van der Waals surface area contributed by atoms with Gasteiger partial charge in [0, 0.05) is 36.9 Å². The Bertz CT molecular complexity index is 843. The van der Waals surface area contributed by atoms with Crippen LogP contribution in [0.1, 0.15) is 53.5 Å². The molecule has 1 amide bonds. The van der Waals surface area contributed by atoms with Crippen molar-refractivity contribution in [3.63, 3.8) is 0 Å². The predicted molar refractivity (Wildman–Crippen MR) is 112 cm³/mol. The fraction of sp³-hybridized carbons (Fsp3) is 0.565. The summed E-state index contributed by atoms with van der Waals surface area (Å²) in [5, 5.41) is 4.55. The molecule has 0 saturated carbocycles. The van der Waals surface area contributed by atoms with Gasteiger partial charge in [-0.2, -0.15) is 5.10 Å². The number of rotatable bonds is 5. The molecule has 2 bridgehead atoms. The summed E-state index contributed by atoms with van der Waals surface area (Å²) in [6.07, 6.45) is 3.67. The molecular formula is C23H32N4O. The summed E-state index contributed by atoms with van der Waals surface area (Å²) in [7, 11) is 0. The van der Waals surface area contributed by atoms with Crippen LogP contribution >= 0.6 is 0 Å². The lowest BCUT2D eigenvalue weighted by Crippen LogP contribution is -2.44.